The van der Waals surface area contributed by atoms with Crippen LogP contribution in [0.5, 0.6) is 0 Å². The number of anilines is 1. The molecule has 0 radical (unpaired) electrons. The molecule has 3 aromatic rings. The Bertz CT molecular complexity index is 858. The van der Waals surface area contributed by atoms with E-state index < -0.39 is 0 Å². The molecular weight excluding hydrogens is 320 g/mol. The minimum atomic E-state index is -0.169. The van der Waals surface area contributed by atoms with Gasteiger partial charge in [-0.1, -0.05) is 35.9 Å². The first-order valence-electron chi connectivity index (χ1n) is 7.47. The van der Waals surface area contributed by atoms with Crippen LogP contribution in [0.1, 0.15) is 21.6 Å². The SMILES string of the molecule is O=C(Nc1cccc(C=Cc2ccccn2)c1)c1ccc(Cl)cc1. The number of nitrogens with zero attached hydrogens (tertiary/aromatic N) is 1. The molecule has 4 heteroatoms. The van der Waals surface area contributed by atoms with E-state index in [-0.39, 0.29) is 5.91 Å². The zero-order chi connectivity index (χ0) is 16.8. The van der Waals surface area contributed by atoms with E-state index in [1.165, 1.54) is 0 Å². The normalized spacial score (nSPS) is 10.7. The summed E-state index contributed by atoms with van der Waals surface area (Å²) >= 11 is 5.84. The summed E-state index contributed by atoms with van der Waals surface area (Å²) in [6.07, 6.45) is 5.64. The molecule has 0 aliphatic heterocycles. The van der Waals surface area contributed by atoms with Crippen molar-refractivity contribution < 1.29 is 4.79 Å². The Balaban J connectivity index is 1.72. The molecule has 0 saturated heterocycles. The zero-order valence-electron chi connectivity index (χ0n) is 12.8. The van der Waals surface area contributed by atoms with E-state index in [4.69, 9.17) is 11.6 Å². The number of rotatable bonds is 4. The number of carbonyl (C=O) groups is 1. The van der Waals surface area contributed by atoms with Gasteiger partial charge in [0, 0.05) is 22.5 Å². The van der Waals surface area contributed by atoms with Crippen LogP contribution >= 0.6 is 11.6 Å². The number of hydrogen-bond donors (Lipinski definition) is 1. The molecular formula is C20H15ClN2O. The molecule has 1 heterocycles. The number of amides is 1. The number of halogens is 1. The number of aromatic nitrogens is 1. The van der Waals surface area contributed by atoms with Gasteiger partial charge in [-0.05, 0) is 60.2 Å². The quantitative estimate of drug-likeness (QED) is 0.716. The van der Waals surface area contributed by atoms with Crippen molar-refractivity contribution in [2.75, 3.05) is 5.32 Å². The Morgan fingerprint density at radius 3 is 2.54 bits per heavy atom. The number of benzene rings is 2. The molecule has 0 unspecified atom stereocenters. The highest BCUT2D eigenvalue weighted by Crippen LogP contribution is 2.16. The second-order valence-electron chi connectivity index (χ2n) is 5.17. The summed E-state index contributed by atoms with van der Waals surface area (Å²) in [7, 11) is 0. The van der Waals surface area contributed by atoms with Crippen LogP contribution in [0.25, 0.3) is 12.2 Å². The molecule has 0 aliphatic rings. The molecule has 1 amide bonds. The first-order valence-corrected chi connectivity index (χ1v) is 7.84. The van der Waals surface area contributed by atoms with Gasteiger partial charge in [-0.25, -0.2) is 0 Å². The number of carbonyl (C=O) groups excluding carboxylic acids is 1. The largest absolute Gasteiger partial charge is 0.322 e. The van der Waals surface area contributed by atoms with E-state index >= 15 is 0 Å². The third-order valence-electron chi connectivity index (χ3n) is 3.39. The first kappa shape index (κ1) is 16.0. The van der Waals surface area contributed by atoms with Crippen molar-refractivity contribution >= 4 is 35.3 Å². The van der Waals surface area contributed by atoms with E-state index in [0.29, 0.717) is 10.6 Å². The lowest BCUT2D eigenvalue weighted by molar-refractivity contribution is 0.102. The Labute approximate surface area is 145 Å². The van der Waals surface area contributed by atoms with Gasteiger partial charge in [0.2, 0.25) is 0 Å². The monoisotopic (exact) mass is 334 g/mol. The highest BCUT2D eigenvalue weighted by molar-refractivity contribution is 6.30. The van der Waals surface area contributed by atoms with Gasteiger partial charge >= 0.3 is 0 Å². The fraction of sp³-hybridized carbons (Fsp3) is 0. The molecule has 0 aliphatic carbocycles. The van der Waals surface area contributed by atoms with Gasteiger partial charge in [-0.2, -0.15) is 0 Å². The topological polar surface area (TPSA) is 42.0 Å². The summed E-state index contributed by atoms with van der Waals surface area (Å²) in [5.74, 6) is -0.169. The highest BCUT2D eigenvalue weighted by atomic mass is 35.5. The second kappa shape index (κ2) is 7.57. The van der Waals surface area contributed by atoms with Crippen LogP contribution in [-0.4, -0.2) is 10.9 Å². The average molecular weight is 335 g/mol. The van der Waals surface area contributed by atoms with Crippen LogP contribution in [0.15, 0.2) is 72.9 Å². The molecule has 0 atom stereocenters. The van der Waals surface area contributed by atoms with E-state index in [1.54, 1.807) is 30.5 Å². The summed E-state index contributed by atoms with van der Waals surface area (Å²) < 4.78 is 0. The molecule has 0 spiro atoms. The lowest BCUT2D eigenvalue weighted by Gasteiger charge is -2.06. The molecule has 3 nitrogen and oxygen atoms in total. The van der Waals surface area contributed by atoms with E-state index in [9.17, 15) is 4.79 Å². The van der Waals surface area contributed by atoms with Gasteiger partial charge in [0.1, 0.15) is 0 Å². The van der Waals surface area contributed by atoms with Crippen molar-refractivity contribution in [1.82, 2.24) is 4.98 Å². The van der Waals surface area contributed by atoms with Crippen molar-refractivity contribution in [1.29, 1.82) is 0 Å². The van der Waals surface area contributed by atoms with Crippen molar-refractivity contribution in [3.63, 3.8) is 0 Å². The number of nitrogens with one attached hydrogen (secondary N) is 1. The summed E-state index contributed by atoms with van der Waals surface area (Å²) in [5.41, 5.74) is 3.16. The van der Waals surface area contributed by atoms with Gasteiger partial charge in [0.15, 0.2) is 0 Å². The van der Waals surface area contributed by atoms with Crippen LogP contribution in [0.2, 0.25) is 5.02 Å². The van der Waals surface area contributed by atoms with E-state index in [1.807, 2.05) is 54.6 Å². The molecule has 0 saturated carbocycles. The summed E-state index contributed by atoms with van der Waals surface area (Å²) in [6.45, 7) is 0. The molecule has 2 aromatic carbocycles. The van der Waals surface area contributed by atoms with E-state index in [2.05, 4.69) is 10.3 Å². The maximum atomic E-state index is 12.2. The highest BCUT2D eigenvalue weighted by Gasteiger charge is 2.05. The van der Waals surface area contributed by atoms with Gasteiger partial charge in [0.05, 0.1) is 5.69 Å². The summed E-state index contributed by atoms with van der Waals surface area (Å²) in [4.78, 5) is 16.5. The van der Waals surface area contributed by atoms with Crippen molar-refractivity contribution in [2.24, 2.45) is 0 Å². The first-order chi connectivity index (χ1) is 11.7. The third-order valence-corrected chi connectivity index (χ3v) is 3.64. The maximum absolute atomic E-state index is 12.2. The zero-order valence-corrected chi connectivity index (χ0v) is 13.6. The standard InChI is InChI=1S/C20H15ClN2O/c21-17-10-8-16(9-11-17)20(24)23-19-6-3-4-15(14-19)7-12-18-5-1-2-13-22-18/h1-14H,(H,23,24). The molecule has 118 valence electrons. The van der Waals surface area contributed by atoms with Crippen LogP contribution in [0.4, 0.5) is 5.69 Å². The smallest absolute Gasteiger partial charge is 0.255 e. The average Bonchev–Trinajstić information content (AvgIpc) is 2.62. The van der Waals surface area contributed by atoms with Crippen LogP contribution in [0, 0.1) is 0 Å². The molecule has 0 fully saturated rings. The minimum absolute atomic E-state index is 0.169. The molecule has 24 heavy (non-hydrogen) atoms. The Morgan fingerprint density at radius 1 is 0.958 bits per heavy atom. The molecule has 1 aromatic heterocycles. The second-order valence-corrected chi connectivity index (χ2v) is 5.61. The molecule has 0 bridgehead atoms. The Hall–Kier alpha value is -2.91. The Kier molecular flexibility index (Phi) is 5.04. The fourth-order valence-corrected chi connectivity index (χ4v) is 2.31. The van der Waals surface area contributed by atoms with Crippen LogP contribution < -0.4 is 5.32 Å². The predicted octanol–water partition coefficient (Wildman–Crippen LogP) is 5.16. The number of hydrogen-bond acceptors (Lipinski definition) is 2. The van der Waals surface area contributed by atoms with E-state index in [0.717, 1.165) is 16.9 Å². The maximum Gasteiger partial charge on any atom is 0.255 e. The van der Waals surface area contributed by atoms with Crippen molar-refractivity contribution in [3.05, 3.63) is 94.8 Å². The number of pyridine rings is 1. The summed E-state index contributed by atoms with van der Waals surface area (Å²) in [5, 5.41) is 3.49. The van der Waals surface area contributed by atoms with Crippen LogP contribution in [-0.2, 0) is 0 Å². The van der Waals surface area contributed by atoms with Gasteiger partial charge in [0.25, 0.3) is 5.91 Å². The van der Waals surface area contributed by atoms with Crippen LogP contribution in [0.3, 0.4) is 0 Å². The van der Waals surface area contributed by atoms with Gasteiger partial charge in [-0.3, -0.25) is 9.78 Å². The van der Waals surface area contributed by atoms with Gasteiger partial charge < -0.3 is 5.32 Å². The minimum Gasteiger partial charge on any atom is -0.322 e. The lowest BCUT2D eigenvalue weighted by atomic mass is 10.1. The lowest BCUT2D eigenvalue weighted by Crippen LogP contribution is -2.11. The van der Waals surface area contributed by atoms with Crippen molar-refractivity contribution in [3.8, 4) is 0 Å². The third kappa shape index (κ3) is 4.31. The predicted molar refractivity (Wildman–Crippen MR) is 99.0 cm³/mol. The van der Waals surface area contributed by atoms with Gasteiger partial charge in [-0.15, -0.1) is 0 Å². The summed E-state index contributed by atoms with van der Waals surface area (Å²) in [6, 6.07) is 20.2. The Morgan fingerprint density at radius 2 is 1.79 bits per heavy atom. The van der Waals surface area contributed by atoms with Crippen molar-refractivity contribution in [2.45, 2.75) is 0 Å². The fourth-order valence-electron chi connectivity index (χ4n) is 2.18. The molecule has 1 N–H and O–H groups in total. The molecule has 3 rings (SSSR count).